The number of carbonyl (C=O) groups is 1. The summed E-state index contributed by atoms with van der Waals surface area (Å²) in [5.74, 6) is -0.831. The molecule has 20 heavy (non-hydrogen) atoms. The highest BCUT2D eigenvalue weighted by Gasteiger charge is 2.20. The summed E-state index contributed by atoms with van der Waals surface area (Å²) in [6.07, 6.45) is 1.70. The van der Waals surface area contributed by atoms with Crippen LogP contribution < -0.4 is 0 Å². The predicted molar refractivity (Wildman–Crippen MR) is 75.0 cm³/mol. The van der Waals surface area contributed by atoms with Crippen LogP contribution in [-0.4, -0.2) is 46.9 Å². The largest absolute Gasteiger partial charge is 0.506 e. The second-order valence-electron chi connectivity index (χ2n) is 4.97. The van der Waals surface area contributed by atoms with Crippen LogP contribution in [0.2, 0.25) is 5.02 Å². The third-order valence-corrected chi connectivity index (χ3v) is 3.70. The maximum absolute atomic E-state index is 10.4. The maximum atomic E-state index is 10.4. The van der Waals surface area contributed by atoms with Gasteiger partial charge in [0.15, 0.2) is 0 Å². The molecule has 2 N–H and O–H groups in total. The van der Waals surface area contributed by atoms with Gasteiger partial charge >= 0.3 is 5.97 Å². The molecule has 1 aliphatic heterocycles. The smallest absolute Gasteiger partial charge is 0.329 e. The lowest BCUT2D eigenvalue weighted by molar-refractivity contribution is -0.145. The van der Waals surface area contributed by atoms with Gasteiger partial charge in [0.2, 0.25) is 0 Å². The van der Waals surface area contributed by atoms with Gasteiger partial charge in [0.05, 0.1) is 11.1 Å². The van der Waals surface area contributed by atoms with Crippen molar-refractivity contribution in [2.45, 2.75) is 25.5 Å². The van der Waals surface area contributed by atoms with Crippen molar-refractivity contribution in [3.63, 3.8) is 0 Å². The molecule has 6 heteroatoms. The predicted octanol–water partition coefficient (Wildman–Crippen LogP) is 2.11. The highest BCUT2D eigenvalue weighted by Crippen LogP contribution is 2.25. The summed E-state index contributed by atoms with van der Waals surface area (Å²) in [5, 5.41) is 18.3. The normalized spacial score (nSPS) is 17.2. The number of carboxylic acid groups (broad SMARTS) is 1. The molecule has 1 aromatic rings. The van der Waals surface area contributed by atoms with Gasteiger partial charge in [-0.15, -0.1) is 0 Å². The van der Waals surface area contributed by atoms with Crippen molar-refractivity contribution in [1.29, 1.82) is 0 Å². The number of aliphatic carboxylic acids is 1. The van der Waals surface area contributed by atoms with E-state index in [0.29, 0.717) is 5.02 Å². The molecule has 0 saturated carbocycles. The Morgan fingerprint density at radius 2 is 2.10 bits per heavy atom. The van der Waals surface area contributed by atoms with E-state index >= 15 is 0 Å². The van der Waals surface area contributed by atoms with Crippen LogP contribution in [0.15, 0.2) is 18.2 Å². The fourth-order valence-electron chi connectivity index (χ4n) is 2.33. The molecule has 0 aliphatic carbocycles. The number of halogens is 1. The van der Waals surface area contributed by atoms with Gasteiger partial charge in [0, 0.05) is 19.6 Å². The van der Waals surface area contributed by atoms with Crippen LogP contribution in [0.25, 0.3) is 0 Å². The Balaban J connectivity index is 1.79. The number of piperidine rings is 1. The molecule has 110 valence electrons. The minimum atomic E-state index is -0.925. The number of likely N-dealkylation sites (tertiary alicyclic amines) is 1. The molecule has 1 fully saturated rings. The van der Waals surface area contributed by atoms with Crippen LogP contribution in [0.5, 0.6) is 5.75 Å². The van der Waals surface area contributed by atoms with Crippen LogP contribution in [-0.2, 0) is 16.1 Å². The number of hydrogen-bond donors (Lipinski definition) is 2. The summed E-state index contributed by atoms with van der Waals surface area (Å²) < 4.78 is 5.30. The van der Waals surface area contributed by atoms with E-state index in [1.165, 1.54) is 0 Å². The zero-order valence-electron chi connectivity index (χ0n) is 11.1. The fraction of sp³-hybridized carbons (Fsp3) is 0.500. The summed E-state index contributed by atoms with van der Waals surface area (Å²) in [5.41, 5.74) is 1.05. The number of ether oxygens (including phenoxy) is 1. The van der Waals surface area contributed by atoms with Crippen LogP contribution in [0.1, 0.15) is 18.4 Å². The van der Waals surface area contributed by atoms with Crippen LogP contribution in [0.4, 0.5) is 0 Å². The molecule has 0 radical (unpaired) electrons. The maximum Gasteiger partial charge on any atom is 0.329 e. The molecule has 0 unspecified atom stereocenters. The second kappa shape index (κ2) is 6.92. The van der Waals surface area contributed by atoms with Crippen molar-refractivity contribution >= 4 is 17.6 Å². The topological polar surface area (TPSA) is 70.0 Å². The van der Waals surface area contributed by atoms with Gasteiger partial charge in [-0.2, -0.15) is 0 Å². The first-order chi connectivity index (χ1) is 9.54. The van der Waals surface area contributed by atoms with E-state index < -0.39 is 5.97 Å². The molecular formula is C14H18ClNO4. The number of phenols is 1. The van der Waals surface area contributed by atoms with Crippen molar-refractivity contribution in [3.05, 3.63) is 28.8 Å². The van der Waals surface area contributed by atoms with E-state index in [0.717, 1.165) is 38.0 Å². The van der Waals surface area contributed by atoms with Crippen molar-refractivity contribution < 1.29 is 19.7 Å². The van der Waals surface area contributed by atoms with Gasteiger partial charge in [-0.05, 0) is 30.5 Å². The highest BCUT2D eigenvalue weighted by atomic mass is 35.5. The molecule has 5 nitrogen and oxygen atoms in total. The second-order valence-corrected chi connectivity index (χ2v) is 5.37. The standard InChI is InChI=1S/C14H18ClNO4/c15-12-7-10(1-2-13(12)17)8-16-5-3-11(4-6-16)20-9-14(18)19/h1-2,7,11,17H,3-6,8-9H2,(H,18,19). The molecular weight excluding hydrogens is 282 g/mol. The lowest BCUT2D eigenvalue weighted by atomic mass is 10.1. The molecule has 1 aromatic carbocycles. The Morgan fingerprint density at radius 3 is 2.70 bits per heavy atom. The van der Waals surface area contributed by atoms with Gasteiger partial charge < -0.3 is 14.9 Å². The molecule has 0 amide bonds. The summed E-state index contributed by atoms with van der Waals surface area (Å²) in [4.78, 5) is 12.7. The number of rotatable bonds is 5. The first-order valence-corrected chi connectivity index (χ1v) is 6.95. The molecule has 0 bridgehead atoms. The van der Waals surface area contributed by atoms with E-state index in [1.807, 2.05) is 6.07 Å². The van der Waals surface area contributed by atoms with Gasteiger partial charge in [-0.25, -0.2) is 4.79 Å². The van der Waals surface area contributed by atoms with Crippen molar-refractivity contribution in [2.24, 2.45) is 0 Å². The minimum Gasteiger partial charge on any atom is -0.506 e. The average Bonchev–Trinajstić information content (AvgIpc) is 2.42. The summed E-state index contributed by atoms with van der Waals surface area (Å²) >= 11 is 5.88. The lowest BCUT2D eigenvalue weighted by Crippen LogP contribution is -2.37. The van der Waals surface area contributed by atoms with Gasteiger partial charge in [-0.3, -0.25) is 4.90 Å². The first kappa shape index (κ1) is 15.1. The molecule has 2 rings (SSSR count). The van der Waals surface area contributed by atoms with Crippen LogP contribution in [0.3, 0.4) is 0 Å². The number of nitrogens with zero attached hydrogens (tertiary/aromatic N) is 1. The first-order valence-electron chi connectivity index (χ1n) is 6.58. The minimum absolute atomic E-state index is 0.0331. The SMILES string of the molecule is O=C(O)COC1CCN(Cc2ccc(O)c(Cl)c2)CC1. The Kier molecular flexibility index (Phi) is 5.23. The Hall–Kier alpha value is -1.30. The third kappa shape index (κ3) is 4.37. The van der Waals surface area contributed by atoms with Crippen molar-refractivity contribution in [1.82, 2.24) is 4.90 Å². The summed E-state index contributed by atoms with van der Waals surface area (Å²) in [6.45, 7) is 2.27. The summed E-state index contributed by atoms with van der Waals surface area (Å²) in [7, 11) is 0. The van der Waals surface area contributed by atoms with E-state index in [1.54, 1.807) is 12.1 Å². The van der Waals surface area contributed by atoms with Gasteiger partial charge in [0.25, 0.3) is 0 Å². The zero-order valence-corrected chi connectivity index (χ0v) is 11.8. The van der Waals surface area contributed by atoms with E-state index in [-0.39, 0.29) is 18.5 Å². The molecule has 1 saturated heterocycles. The number of benzene rings is 1. The van der Waals surface area contributed by atoms with Crippen molar-refractivity contribution in [3.8, 4) is 5.75 Å². The van der Waals surface area contributed by atoms with Gasteiger partial charge in [0.1, 0.15) is 12.4 Å². The fourth-order valence-corrected chi connectivity index (χ4v) is 2.53. The Labute approximate surface area is 122 Å². The molecule has 0 spiro atoms. The molecule has 0 atom stereocenters. The molecule has 0 aromatic heterocycles. The van der Waals surface area contributed by atoms with Crippen LogP contribution >= 0.6 is 11.6 Å². The molecule has 1 aliphatic rings. The Bertz CT molecular complexity index is 472. The number of phenolic OH excluding ortho intramolecular Hbond substituents is 1. The molecule has 1 heterocycles. The van der Waals surface area contributed by atoms with E-state index in [2.05, 4.69) is 4.90 Å². The zero-order chi connectivity index (χ0) is 14.5. The van der Waals surface area contributed by atoms with Gasteiger partial charge in [-0.1, -0.05) is 17.7 Å². The highest BCUT2D eigenvalue weighted by molar-refractivity contribution is 6.32. The summed E-state index contributed by atoms with van der Waals surface area (Å²) in [6, 6.07) is 5.22. The lowest BCUT2D eigenvalue weighted by Gasteiger charge is -2.31. The number of carboxylic acids is 1. The third-order valence-electron chi connectivity index (χ3n) is 3.40. The number of aromatic hydroxyl groups is 1. The van der Waals surface area contributed by atoms with E-state index in [4.69, 9.17) is 21.4 Å². The quantitative estimate of drug-likeness (QED) is 0.871. The van der Waals surface area contributed by atoms with Crippen molar-refractivity contribution in [2.75, 3.05) is 19.7 Å². The Morgan fingerprint density at radius 1 is 1.40 bits per heavy atom. The average molecular weight is 300 g/mol. The number of hydrogen-bond acceptors (Lipinski definition) is 4. The monoisotopic (exact) mass is 299 g/mol. The van der Waals surface area contributed by atoms with Crippen LogP contribution in [0, 0.1) is 0 Å². The van der Waals surface area contributed by atoms with E-state index in [9.17, 15) is 9.90 Å².